The molecular weight excluding hydrogens is 280 g/mol. The van der Waals surface area contributed by atoms with Crippen LogP contribution < -0.4 is 0 Å². The summed E-state index contributed by atoms with van der Waals surface area (Å²) in [5.41, 5.74) is 1.14. The number of carbonyl (C=O) groups is 2. The molecular formula is C18H30O4. The first-order chi connectivity index (χ1) is 10.3. The minimum atomic E-state index is -0.335. The summed E-state index contributed by atoms with van der Waals surface area (Å²) < 4.78 is 10.7. The van der Waals surface area contributed by atoms with Crippen LogP contribution in [0.4, 0.5) is 0 Å². The Morgan fingerprint density at radius 1 is 1.09 bits per heavy atom. The van der Waals surface area contributed by atoms with Crippen molar-refractivity contribution in [2.45, 2.75) is 53.9 Å². The lowest BCUT2D eigenvalue weighted by Gasteiger charge is -2.18. The minimum Gasteiger partial charge on any atom is -0.465 e. The molecule has 1 aliphatic rings. The van der Waals surface area contributed by atoms with Gasteiger partial charge in [0.2, 0.25) is 0 Å². The first-order valence-corrected chi connectivity index (χ1v) is 8.30. The second kappa shape index (κ2) is 8.96. The standard InChI is InChI=1S/C18H30O4/c1-12(2)10-21-17(19)15-7-6-14(5)8-16(9-15)18(20)22-11-13(3)4/h8,12-13,15-16H,6-7,9-11H2,1-5H3. The number of hydrogen-bond acceptors (Lipinski definition) is 4. The Morgan fingerprint density at radius 3 is 2.18 bits per heavy atom. The highest BCUT2D eigenvalue weighted by Crippen LogP contribution is 2.28. The monoisotopic (exact) mass is 310 g/mol. The molecule has 0 aromatic carbocycles. The normalized spacial score (nSPS) is 22.2. The fraction of sp³-hybridized carbons (Fsp3) is 0.778. The topological polar surface area (TPSA) is 52.6 Å². The minimum absolute atomic E-state index is 0.182. The molecule has 0 fully saturated rings. The quantitative estimate of drug-likeness (QED) is 0.554. The number of hydrogen-bond donors (Lipinski definition) is 0. The van der Waals surface area contributed by atoms with Gasteiger partial charge in [-0.15, -0.1) is 0 Å². The number of esters is 2. The molecule has 126 valence electrons. The van der Waals surface area contributed by atoms with Crippen LogP contribution in [0.1, 0.15) is 53.9 Å². The van der Waals surface area contributed by atoms with Crippen LogP contribution in [0.15, 0.2) is 11.6 Å². The van der Waals surface area contributed by atoms with Crippen molar-refractivity contribution in [2.24, 2.45) is 23.7 Å². The number of ether oxygens (including phenoxy) is 2. The van der Waals surface area contributed by atoms with Gasteiger partial charge in [-0.1, -0.05) is 39.3 Å². The van der Waals surface area contributed by atoms with Crippen molar-refractivity contribution in [3.05, 3.63) is 11.6 Å². The predicted molar refractivity (Wildman–Crippen MR) is 86.2 cm³/mol. The molecule has 0 radical (unpaired) electrons. The van der Waals surface area contributed by atoms with Crippen LogP contribution in [0, 0.1) is 23.7 Å². The third-order valence-electron chi connectivity index (χ3n) is 3.67. The van der Waals surface area contributed by atoms with E-state index in [1.807, 2.05) is 40.7 Å². The van der Waals surface area contributed by atoms with E-state index in [4.69, 9.17) is 9.47 Å². The Hall–Kier alpha value is -1.32. The van der Waals surface area contributed by atoms with E-state index in [9.17, 15) is 9.59 Å². The highest BCUT2D eigenvalue weighted by molar-refractivity contribution is 5.77. The van der Waals surface area contributed by atoms with E-state index >= 15 is 0 Å². The third kappa shape index (κ3) is 6.63. The van der Waals surface area contributed by atoms with Crippen LogP contribution >= 0.6 is 0 Å². The van der Waals surface area contributed by atoms with Crippen molar-refractivity contribution in [3.8, 4) is 0 Å². The largest absolute Gasteiger partial charge is 0.465 e. The zero-order chi connectivity index (χ0) is 16.7. The van der Waals surface area contributed by atoms with Gasteiger partial charge >= 0.3 is 11.9 Å². The van der Waals surface area contributed by atoms with Crippen molar-refractivity contribution < 1.29 is 19.1 Å². The average molecular weight is 310 g/mol. The molecule has 22 heavy (non-hydrogen) atoms. The molecule has 0 bridgehead atoms. The summed E-state index contributed by atoms with van der Waals surface area (Å²) in [4.78, 5) is 24.4. The molecule has 0 aromatic heterocycles. The van der Waals surface area contributed by atoms with E-state index in [-0.39, 0.29) is 23.8 Å². The van der Waals surface area contributed by atoms with E-state index in [0.29, 0.717) is 31.5 Å². The lowest BCUT2D eigenvalue weighted by molar-refractivity contribution is -0.152. The first-order valence-electron chi connectivity index (χ1n) is 8.30. The summed E-state index contributed by atoms with van der Waals surface area (Å²) in [6.07, 6.45) is 4.02. The highest BCUT2D eigenvalue weighted by Gasteiger charge is 2.30. The van der Waals surface area contributed by atoms with Crippen molar-refractivity contribution in [2.75, 3.05) is 13.2 Å². The summed E-state index contributed by atoms with van der Waals surface area (Å²) in [5, 5.41) is 0. The fourth-order valence-corrected chi connectivity index (χ4v) is 2.42. The summed E-state index contributed by atoms with van der Waals surface area (Å²) in [6.45, 7) is 10.9. The van der Waals surface area contributed by atoms with Gasteiger partial charge in [0.15, 0.2) is 0 Å². The maximum absolute atomic E-state index is 12.2. The maximum Gasteiger partial charge on any atom is 0.312 e. The summed E-state index contributed by atoms with van der Waals surface area (Å²) in [6, 6.07) is 0. The molecule has 0 aliphatic heterocycles. The van der Waals surface area contributed by atoms with E-state index in [0.717, 1.165) is 18.4 Å². The zero-order valence-corrected chi connectivity index (χ0v) is 14.6. The Balaban J connectivity index is 2.65. The number of rotatable bonds is 6. The Bertz CT molecular complexity index is 409. The van der Waals surface area contributed by atoms with Gasteiger partial charge in [0.1, 0.15) is 0 Å². The molecule has 4 nitrogen and oxygen atoms in total. The Labute approximate surface area is 134 Å². The van der Waals surface area contributed by atoms with E-state index in [1.165, 1.54) is 0 Å². The van der Waals surface area contributed by atoms with Gasteiger partial charge in [0, 0.05) is 0 Å². The summed E-state index contributed by atoms with van der Waals surface area (Å²) in [7, 11) is 0. The molecule has 0 saturated carbocycles. The van der Waals surface area contributed by atoms with Crippen LogP contribution in [-0.4, -0.2) is 25.2 Å². The molecule has 0 spiro atoms. The van der Waals surface area contributed by atoms with Crippen molar-refractivity contribution in [1.29, 1.82) is 0 Å². The second-order valence-electron chi connectivity index (χ2n) is 7.14. The molecule has 2 atom stereocenters. The average Bonchev–Trinajstić information content (AvgIpc) is 2.64. The fourth-order valence-electron chi connectivity index (χ4n) is 2.42. The second-order valence-corrected chi connectivity index (χ2v) is 7.14. The zero-order valence-electron chi connectivity index (χ0n) is 14.6. The predicted octanol–water partition coefficient (Wildman–Crippen LogP) is 3.75. The van der Waals surface area contributed by atoms with Crippen LogP contribution in [-0.2, 0) is 19.1 Å². The Kier molecular flexibility index (Phi) is 7.63. The smallest absolute Gasteiger partial charge is 0.312 e. The van der Waals surface area contributed by atoms with Crippen LogP contribution in [0.25, 0.3) is 0 Å². The van der Waals surface area contributed by atoms with Gasteiger partial charge < -0.3 is 9.47 Å². The molecule has 0 saturated heterocycles. The van der Waals surface area contributed by atoms with Crippen LogP contribution in [0.2, 0.25) is 0 Å². The molecule has 2 unspecified atom stereocenters. The lowest BCUT2D eigenvalue weighted by atomic mass is 9.94. The molecule has 1 rings (SSSR count). The van der Waals surface area contributed by atoms with Crippen molar-refractivity contribution >= 4 is 11.9 Å². The van der Waals surface area contributed by atoms with E-state index < -0.39 is 0 Å². The number of allylic oxidation sites excluding steroid dienone is 1. The first kappa shape index (κ1) is 18.7. The number of carbonyl (C=O) groups excluding carboxylic acids is 2. The summed E-state index contributed by atoms with van der Waals surface area (Å²) in [5.74, 6) is -0.329. The Morgan fingerprint density at radius 2 is 1.64 bits per heavy atom. The van der Waals surface area contributed by atoms with Gasteiger partial charge in [-0.3, -0.25) is 9.59 Å². The third-order valence-corrected chi connectivity index (χ3v) is 3.67. The van der Waals surface area contributed by atoms with Gasteiger partial charge in [-0.2, -0.15) is 0 Å². The molecule has 0 amide bonds. The molecule has 0 heterocycles. The van der Waals surface area contributed by atoms with Gasteiger partial charge in [0.05, 0.1) is 25.0 Å². The summed E-state index contributed by atoms with van der Waals surface area (Å²) >= 11 is 0. The SMILES string of the molecule is CC1=CC(C(=O)OCC(C)C)CC(C(=O)OCC(C)C)CC1. The van der Waals surface area contributed by atoms with Crippen LogP contribution in [0.5, 0.6) is 0 Å². The van der Waals surface area contributed by atoms with Crippen molar-refractivity contribution in [1.82, 2.24) is 0 Å². The van der Waals surface area contributed by atoms with E-state index in [1.54, 1.807) is 0 Å². The highest BCUT2D eigenvalue weighted by atomic mass is 16.5. The van der Waals surface area contributed by atoms with Gasteiger partial charge in [-0.05, 0) is 38.0 Å². The molecule has 4 heteroatoms. The van der Waals surface area contributed by atoms with Crippen LogP contribution in [0.3, 0.4) is 0 Å². The van der Waals surface area contributed by atoms with Gasteiger partial charge in [-0.25, -0.2) is 0 Å². The van der Waals surface area contributed by atoms with Gasteiger partial charge in [0.25, 0.3) is 0 Å². The molecule has 1 aliphatic carbocycles. The van der Waals surface area contributed by atoms with E-state index in [2.05, 4.69) is 0 Å². The maximum atomic E-state index is 12.2. The van der Waals surface area contributed by atoms with Crippen molar-refractivity contribution in [3.63, 3.8) is 0 Å². The molecule has 0 aromatic rings. The molecule has 0 N–H and O–H groups in total. The lowest BCUT2D eigenvalue weighted by Crippen LogP contribution is -2.25.